The predicted octanol–water partition coefficient (Wildman–Crippen LogP) is 8.10. The molecule has 0 aliphatic heterocycles. The van der Waals surface area contributed by atoms with Crippen LogP contribution in [0.15, 0.2) is 131 Å². The molecule has 5 rings (SSSR count). The van der Waals surface area contributed by atoms with Crippen molar-refractivity contribution in [2.75, 3.05) is 0 Å². The molecule has 0 unspecified atom stereocenters. The Balaban J connectivity index is 1.29. The van der Waals surface area contributed by atoms with Crippen molar-refractivity contribution in [3.05, 3.63) is 133 Å². The first kappa shape index (κ1) is 21.9. The van der Waals surface area contributed by atoms with E-state index in [9.17, 15) is 0 Å². The zero-order valence-electron chi connectivity index (χ0n) is 18.9. The van der Waals surface area contributed by atoms with Gasteiger partial charge in [0.2, 0.25) is 0 Å². The maximum Gasteiger partial charge on any atom is 0.153 e. The van der Waals surface area contributed by atoms with Crippen LogP contribution in [0.2, 0.25) is 0 Å². The van der Waals surface area contributed by atoms with E-state index in [-0.39, 0.29) is 0 Å². The third-order valence-corrected chi connectivity index (χ3v) is 5.09. The van der Waals surface area contributed by atoms with Gasteiger partial charge in [0.1, 0.15) is 22.9 Å². The van der Waals surface area contributed by atoms with Gasteiger partial charge in [-0.15, -0.1) is 0 Å². The van der Waals surface area contributed by atoms with E-state index in [0.29, 0.717) is 11.5 Å². The summed E-state index contributed by atoms with van der Waals surface area (Å²) in [5, 5.41) is 0. The molecular formula is C30H23N3O2. The third-order valence-electron chi connectivity index (χ3n) is 5.09. The quantitative estimate of drug-likeness (QED) is 0.239. The minimum absolute atomic E-state index is 0.693. The maximum atomic E-state index is 5.99. The summed E-state index contributed by atoms with van der Waals surface area (Å²) in [6, 6.07) is 38.6. The van der Waals surface area contributed by atoms with Crippen LogP contribution in [0.5, 0.6) is 23.0 Å². The van der Waals surface area contributed by atoms with Gasteiger partial charge in [-0.3, -0.25) is 9.98 Å². The number of para-hydroxylation sites is 6. The summed E-state index contributed by atoms with van der Waals surface area (Å²) in [6.07, 6.45) is 3.55. The molecule has 170 valence electrons. The largest absolute Gasteiger partial charge is 0.455 e. The Morgan fingerprint density at radius 3 is 1.31 bits per heavy atom. The summed E-state index contributed by atoms with van der Waals surface area (Å²) < 4.78 is 12.0. The van der Waals surface area contributed by atoms with Crippen molar-refractivity contribution in [1.82, 2.24) is 4.98 Å². The zero-order chi connectivity index (χ0) is 23.7. The average molecular weight is 458 g/mol. The number of ether oxygens (including phenoxy) is 2. The van der Waals surface area contributed by atoms with Gasteiger partial charge >= 0.3 is 0 Å². The number of nitrogens with zero attached hydrogens (tertiary/aromatic N) is 2. The van der Waals surface area contributed by atoms with E-state index in [1.165, 1.54) is 0 Å². The molecule has 5 aromatic rings. The van der Waals surface area contributed by atoms with Crippen molar-refractivity contribution in [2.45, 2.75) is 0 Å². The molecule has 1 aromatic heterocycles. The van der Waals surface area contributed by atoms with E-state index < -0.39 is 0 Å². The van der Waals surface area contributed by atoms with E-state index in [1.54, 1.807) is 12.4 Å². The molecule has 0 saturated carbocycles. The second kappa shape index (κ2) is 10.8. The Morgan fingerprint density at radius 2 is 0.857 bits per heavy atom. The fourth-order valence-electron chi connectivity index (χ4n) is 3.39. The van der Waals surface area contributed by atoms with Gasteiger partial charge in [-0.25, -0.2) is 0 Å². The number of aliphatic imine (C=N–C) groups is 2. The molecule has 1 heterocycles. The highest BCUT2D eigenvalue weighted by atomic mass is 16.5. The Morgan fingerprint density at radius 1 is 0.457 bits per heavy atom. The van der Waals surface area contributed by atoms with Crippen LogP contribution < -0.4 is 9.47 Å². The van der Waals surface area contributed by atoms with Gasteiger partial charge in [0.05, 0.1) is 23.8 Å². The van der Waals surface area contributed by atoms with Crippen LogP contribution in [0.3, 0.4) is 0 Å². The van der Waals surface area contributed by atoms with Gasteiger partial charge in [0.15, 0.2) is 11.5 Å². The van der Waals surface area contributed by atoms with Crippen LogP contribution in [0.4, 0.5) is 11.4 Å². The lowest BCUT2D eigenvalue weighted by molar-refractivity contribution is 0.484. The Bertz CT molecular complexity index is 1330. The summed E-state index contributed by atoms with van der Waals surface area (Å²) in [6.45, 7) is 0. The van der Waals surface area contributed by atoms with Gasteiger partial charge < -0.3 is 14.5 Å². The van der Waals surface area contributed by atoms with Crippen molar-refractivity contribution in [1.29, 1.82) is 0 Å². The van der Waals surface area contributed by atoms with Crippen molar-refractivity contribution in [3.63, 3.8) is 0 Å². The highest BCUT2D eigenvalue weighted by Gasteiger charge is 2.04. The molecule has 0 spiro atoms. The van der Waals surface area contributed by atoms with Gasteiger partial charge in [-0.2, -0.15) is 0 Å². The van der Waals surface area contributed by atoms with Gasteiger partial charge in [-0.1, -0.05) is 60.7 Å². The van der Waals surface area contributed by atoms with E-state index in [4.69, 9.17) is 9.47 Å². The number of hydrogen-bond acceptors (Lipinski definition) is 4. The smallest absolute Gasteiger partial charge is 0.153 e. The number of benzene rings is 4. The first-order valence-electron chi connectivity index (χ1n) is 11.2. The number of rotatable bonds is 8. The van der Waals surface area contributed by atoms with Crippen LogP contribution in [0.25, 0.3) is 0 Å². The number of aromatic nitrogens is 1. The normalized spacial score (nSPS) is 11.2. The SMILES string of the molecule is C(=Nc1ccccc1Oc1ccccc1)c1ccc(C=Nc2ccccc2Oc2ccccc2)[nH]1. The van der Waals surface area contributed by atoms with Crippen molar-refractivity contribution in [2.24, 2.45) is 9.98 Å². The lowest BCUT2D eigenvalue weighted by Crippen LogP contribution is -1.87. The standard InChI is InChI=1S/C30H23N3O2/c1-3-11-25(12-4-1)34-29-17-9-7-15-27(29)31-21-23-19-20-24(33-23)22-32-28-16-8-10-18-30(28)35-26-13-5-2-6-14-26/h1-22,33H. The minimum Gasteiger partial charge on any atom is -0.455 e. The molecule has 5 heteroatoms. The molecule has 0 bridgehead atoms. The summed E-state index contributed by atoms with van der Waals surface area (Å²) in [7, 11) is 0. The average Bonchev–Trinajstić information content (AvgIpc) is 3.37. The number of H-pyrrole nitrogens is 1. The highest BCUT2D eigenvalue weighted by molar-refractivity contribution is 5.86. The van der Waals surface area contributed by atoms with E-state index >= 15 is 0 Å². The van der Waals surface area contributed by atoms with Crippen LogP contribution in [-0.4, -0.2) is 17.4 Å². The lowest BCUT2D eigenvalue weighted by Gasteiger charge is -2.07. The molecular weight excluding hydrogens is 434 g/mol. The predicted molar refractivity (Wildman–Crippen MR) is 141 cm³/mol. The molecule has 5 nitrogen and oxygen atoms in total. The lowest BCUT2D eigenvalue weighted by atomic mass is 10.3. The van der Waals surface area contributed by atoms with E-state index in [1.807, 2.05) is 121 Å². The molecule has 0 fully saturated rings. The van der Waals surface area contributed by atoms with Crippen molar-refractivity contribution in [3.8, 4) is 23.0 Å². The fraction of sp³-hybridized carbons (Fsp3) is 0. The molecule has 0 aliphatic carbocycles. The van der Waals surface area contributed by atoms with Crippen LogP contribution in [0, 0.1) is 0 Å². The summed E-state index contributed by atoms with van der Waals surface area (Å²) in [5.41, 5.74) is 3.20. The summed E-state index contributed by atoms with van der Waals surface area (Å²) in [5.74, 6) is 2.92. The minimum atomic E-state index is 0.693. The molecule has 0 amide bonds. The van der Waals surface area contributed by atoms with Gasteiger partial charge in [-0.05, 0) is 60.7 Å². The van der Waals surface area contributed by atoms with Gasteiger partial charge in [0.25, 0.3) is 0 Å². The first-order chi connectivity index (χ1) is 17.3. The number of hydrogen-bond donors (Lipinski definition) is 1. The van der Waals surface area contributed by atoms with E-state index in [0.717, 1.165) is 34.3 Å². The second-order valence-corrected chi connectivity index (χ2v) is 7.65. The molecule has 0 saturated heterocycles. The first-order valence-corrected chi connectivity index (χ1v) is 11.2. The molecule has 0 atom stereocenters. The Hall–Kier alpha value is -4.90. The van der Waals surface area contributed by atoms with Crippen molar-refractivity contribution < 1.29 is 9.47 Å². The van der Waals surface area contributed by atoms with Crippen LogP contribution >= 0.6 is 0 Å². The fourth-order valence-corrected chi connectivity index (χ4v) is 3.39. The molecule has 0 radical (unpaired) electrons. The zero-order valence-corrected chi connectivity index (χ0v) is 18.9. The molecule has 35 heavy (non-hydrogen) atoms. The number of nitrogens with one attached hydrogen (secondary N) is 1. The molecule has 0 aliphatic rings. The summed E-state index contributed by atoms with van der Waals surface area (Å²) in [4.78, 5) is 12.6. The third kappa shape index (κ3) is 5.92. The van der Waals surface area contributed by atoms with Crippen LogP contribution in [-0.2, 0) is 0 Å². The topological polar surface area (TPSA) is 59.0 Å². The monoisotopic (exact) mass is 457 g/mol. The highest BCUT2D eigenvalue weighted by Crippen LogP contribution is 2.32. The second-order valence-electron chi connectivity index (χ2n) is 7.65. The maximum absolute atomic E-state index is 5.99. The Labute approximate surface area is 204 Å². The Kier molecular flexibility index (Phi) is 6.77. The van der Waals surface area contributed by atoms with E-state index in [2.05, 4.69) is 15.0 Å². The van der Waals surface area contributed by atoms with Gasteiger partial charge in [0, 0.05) is 0 Å². The molecule has 1 N–H and O–H groups in total. The van der Waals surface area contributed by atoms with Crippen LogP contribution in [0.1, 0.15) is 11.4 Å². The summed E-state index contributed by atoms with van der Waals surface area (Å²) >= 11 is 0. The number of aromatic amines is 1. The molecule has 4 aromatic carbocycles. The van der Waals surface area contributed by atoms with Crippen molar-refractivity contribution >= 4 is 23.8 Å².